The summed E-state index contributed by atoms with van der Waals surface area (Å²) in [6.45, 7) is 0. The van der Waals surface area contributed by atoms with Crippen LogP contribution in [0.2, 0.25) is 0 Å². The third kappa shape index (κ3) is 0.784. The zero-order valence-corrected chi connectivity index (χ0v) is 4.22. The average molecular weight is 129 g/mol. The van der Waals surface area contributed by atoms with Gasteiger partial charge in [0.2, 0.25) is 0 Å². The zero-order valence-electron chi connectivity index (χ0n) is 4.22. The average Bonchev–Trinajstić information content (AvgIpc) is 2.13. The van der Waals surface area contributed by atoms with Gasteiger partial charge in [0.25, 0.3) is 11.7 Å². The predicted octanol–water partition coefficient (Wildman–Crippen LogP) is -1.99. The molecule has 0 bridgehead atoms. The van der Waals surface area contributed by atoms with Gasteiger partial charge in [0.05, 0.1) is 0 Å². The normalized spacial score (nSPS) is 9.33. The van der Waals surface area contributed by atoms with Crippen molar-refractivity contribution in [2.24, 2.45) is 5.73 Å². The molecule has 7 nitrogen and oxygen atoms in total. The summed E-state index contributed by atoms with van der Waals surface area (Å²) < 4.78 is 0. The second-order valence-corrected chi connectivity index (χ2v) is 1.26. The maximum atomic E-state index is 10.2. The van der Waals surface area contributed by atoms with Gasteiger partial charge in [0.15, 0.2) is 0 Å². The van der Waals surface area contributed by atoms with Gasteiger partial charge in [-0.05, 0) is 10.4 Å². The second kappa shape index (κ2) is 1.69. The molecule has 0 aliphatic rings. The van der Waals surface area contributed by atoms with Gasteiger partial charge < -0.3 is 10.9 Å². The van der Waals surface area contributed by atoms with E-state index in [2.05, 4.69) is 15.5 Å². The standard InChI is InChI=1S/C2H3N5O2/c3-1(8)2-4-5-6-7(2)9/h9H,(H2,3,8). The minimum atomic E-state index is -0.873. The summed E-state index contributed by atoms with van der Waals surface area (Å²) in [7, 11) is 0. The number of carbonyl (C=O) groups is 1. The predicted molar refractivity (Wildman–Crippen MR) is 23.5 cm³/mol. The molecule has 0 aliphatic heterocycles. The van der Waals surface area contributed by atoms with Crippen LogP contribution in [0.25, 0.3) is 0 Å². The Hall–Kier alpha value is -1.66. The molecule has 3 N–H and O–H groups in total. The number of nitrogens with zero attached hydrogens (tertiary/aromatic N) is 4. The fourth-order valence-corrected chi connectivity index (χ4v) is 0.330. The lowest BCUT2D eigenvalue weighted by Crippen LogP contribution is -2.17. The van der Waals surface area contributed by atoms with Crippen molar-refractivity contribution in [2.75, 3.05) is 0 Å². The number of rotatable bonds is 1. The Balaban J connectivity index is 3.08. The van der Waals surface area contributed by atoms with Gasteiger partial charge in [-0.2, -0.15) is 0 Å². The first-order valence-corrected chi connectivity index (χ1v) is 1.99. The topological polar surface area (TPSA) is 107 Å². The maximum absolute atomic E-state index is 10.2. The lowest BCUT2D eigenvalue weighted by atomic mass is 10.6. The molecule has 7 heteroatoms. The number of carbonyl (C=O) groups excluding carboxylic acids is 1. The SMILES string of the molecule is NC(=O)c1nnnn1O. The number of primary amides is 1. The minimum absolute atomic E-state index is 0.211. The van der Waals surface area contributed by atoms with Crippen molar-refractivity contribution < 1.29 is 10.0 Å². The second-order valence-electron chi connectivity index (χ2n) is 1.26. The molecular formula is C2H3N5O2. The first kappa shape index (κ1) is 5.48. The Kier molecular flexibility index (Phi) is 1.03. The molecule has 0 fully saturated rings. The molecule has 1 amide bonds. The van der Waals surface area contributed by atoms with Crippen LogP contribution < -0.4 is 5.73 Å². The van der Waals surface area contributed by atoms with E-state index in [9.17, 15) is 4.79 Å². The lowest BCUT2D eigenvalue weighted by molar-refractivity contribution is 0.0904. The molecule has 0 radical (unpaired) electrons. The molecule has 0 saturated heterocycles. The summed E-state index contributed by atoms with van der Waals surface area (Å²) in [6.07, 6.45) is 0. The third-order valence-electron chi connectivity index (χ3n) is 0.674. The number of amides is 1. The van der Waals surface area contributed by atoms with Crippen molar-refractivity contribution in [1.29, 1.82) is 0 Å². The quantitative estimate of drug-likeness (QED) is 0.427. The van der Waals surface area contributed by atoms with Crippen LogP contribution in [-0.2, 0) is 0 Å². The summed E-state index contributed by atoms with van der Waals surface area (Å²) in [5, 5.41) is 17.5. The van der Waals surface area contributed by atoms with Gasteiger partial charge in [-0.15, -0.1) is 0 Å². The largest absolute Gasteiger partial charge is 0.409 e. The number of aromatic nitrogens is 4. The molecule has 1 aromatic heterocycles. The van der Waals surface area contributed by atoms with Crippen molar-refractivity contribution in [3.8, 4) is 0 Å². The van der Waals surface area contributed by atoms with E-state index < -0.39 is 5.91 Å². The molecule has 0 aliphatic carbocycles. The van der Waals surface area contributed by atoms with E-state index in [1.54, 1.807) is 0 Å². The molecule has 9 heavy (non-hydrogen) atoms. The van der Waals surface area contributed by atoms with Crippen molar-refractivity contribution >= 4 is 5.91 Å². The lowest BCUT2D eigenvalue weighted by Gasteiger charge is -1.85. The Bertz CT molecular complexity index is 229. The van der Waals surface area contributed by atoms with Gasteiger partial charge >= 0.3 is 0 Å². The fourth-order valence-electron chi connectivity index (χ4n) is 0.330. The molecule has 0 atom stereocenters. The zero-order chi connectivity index (χ0) is 6.85. The van der Waals surface area contributed by atoms with Crippen LogP contribution in [0.5, 0.6) is 0 Å². The van der Waals surface area contributed by atoms with Gasteiger partial charge in [0, 0.05) is 0 Å². The number of hydrogen-bond acceptors (Lipinski definition) is 5. The summed E-state index contributed by atoms with van der Waals surface area (Å²) in [4.78, 5) is 10.4. The molecule has 1 aromatic rings. The molecule has 0 saturated carbocycles. The van der Waals surface area contributed by atoms with Crippen LogP contribution in [0.1, 0.15) is 10.6 Å². The van der Waals surface area contributed by atoms with Gasteiger partial charge in [0.1, 0.15) is 0 Å². The highest BCUT2D eigenvalue weighted by Gasteiger charge is 2.09. The fraction of sp³-hybridized carbons (Fsp3) is 0. The van der Waals surface area contributed by atoms with Crippen LogP contribution >= 0.6 is 0 Å². The highest BCUT2D eigenvalue weighted by molar-refractivity contribution is 5.88. The molecule has 1 rings (SSSR count). The first-order valence-electron chi connectivity index (χ1n) is 1.99. The van der Waals surface area contributed by atoms with Crippen LogP contribution in [0.4, 0.5) is 0 Å². The van der Waals surface area contributed by atoms with E-state index in [0.29, 0.717) is 0 Å². The third-order valence-corrected chi connectivity index (χ3v) is 0.674. The molecule has 0 aromatic carbocycles. The summed E-state index contributed by atoms with van der Waals surface area (Å²) >= 11 is 0. The minimum Gasteiger partial charge on any atom is -0.409 e. The van der Waals surface area contributed by atoms with Crippen molar-refractivity contribution in [3.63, 3.8) is 0 Å². The summed E-state index contributed by atoms with van der Waals surface area (Å²) in [6, 6.07) is 0. The Labute approximate surface area is 49.0 Å². The summed E-state index contributed by atoms with van der Waals surface area (Å²) in [5.74, 6) is -1.25. The van der Waals surface area contributed by atoms with Crippen molar-refractivity contribution in [2.45, 2.75) is 0 Å². The smallest absolute Gasteiger partial charge is 0.291 e. The Morgan fingerprint density at radius 1 is 1.78 bits per heavy atom. The van der Waals surface area contributed by atoms with Crippen LogP contribution in [-0.4, -0.2) is 31.5 Å². The highest BCUT2D eigenvalue weighted by Crippen LogP contribution is 1.82. The number of hydrogen-bond donors (Lipinski definition) is 2. The Morgan fingerprint density at radius 3 is 2.67 bits per heavy atom. The maximum Gasteiger partial charge on any atom is 0.291 e. The van der Waals surface area contributed by atoms with E-state index in [1.165, 1.54) is 0 Å². The Morgan fingerprint density at radius 2 is 2.44 bits per heavy atom. The van der Waals surface area contributed by atoms with E-state index in [-0.39, 0.29) is 10.7 Å². The highest BCUT2D eigenvalue weighted by atomic mass is 16.5. The van der Waals surface area contributed by atoms with Gasteiger partial charge in [-0.25, -0.2) is 0 Å². The molecule has 0 unspecified atom stereocenters. The summed E-state index contributed by atoms with van der Waals surface area (Å²) in [5.41, 5.74) is 4.70. The molecule has 1 heterocycles. The molecule has 48 valence electrons. The van der Waals surface area contributed by atoms with E-state index in [0.717, 1.165) is 0 Å². The van der Waals surface area contributed by atoms with Crippen LogP contribution in [0, 0.1) is 0 Å². The first-order chi connectivity index (χ1) is 4.22. The molecule has 0 spiro atoms. The van der Waals surface area contributed by atoms with Gasteiger partial charge in [-0.1, -0.05) is 9.94 Å². The van der Waals surface area contributed by atoms with E-state index >= 15 is 0 Å². The number of tetrazole rings is 1. The van der Waals surface area contributed by atoms with Crippen molar-refractivity contribution in [1.82, 2.24) is 20.4 Å². The van der Waals surface area contributed by atoms with E-state index in [1.807, 2.05) is 0 Å². The van der Waals surface area contributed by atoms with Crippen LogP contribution in [0.3, 0.4) is 0 Å². The monoisotopic (exact) mass is 129 g/mol. The number of nitrogens with two attached hydrogens (primary N) is 1. The molecular weight excluding hydrogens is 126 g/mol. The van der Waals surface area contributed by atoms with Crippen LogP contribution in [0.15, 0.2) is 0 Å². The van der Waals surface area contributed by atoms with Crippen molar-refractivity contribution in [3.05, 3.63) is 5.82 Å². The van der Waals surface area contributed by atoms with Gasteiger partial charge in [-0.3, -0.25) is 4.79 Å². The van der Waals surface area contributed by atoms with E-state index in [4.69, 9.17) is 10.9 Å².